The molecule has 0 aliphatic rings. The molecule has 0 aliphatic heterocycles. The molecule has 0 radical (unpaired) electrons. The third-order valence-corrected chi connectivity index (χ3v) is 2.75. The van der Waals surface area contributed by atoms with Crippen LogP contribution in [-0.4, -0.2) is 11.6 Å². The molecular formula is C14H17N3O. The quantitative estimate of drug-likeness (QED) is 0.862. The highest BCUT2D eigenvalue weighted by atomic mass is 16.5. The van der Waals surface area contributed by atoms with E-state index in [4.69, 9.17) is 16.2 Å². The van der Waals surface area contributed by atoms with Crippen molar-refractivity contribution >= 4 is 5.69 Å². The maximum absolute atomic E-state index is 6.21. The number of hydrogen-bond donors (Lipinski definition) is 2. The molecule has 2 aromatic rings. The van der Waals surface area contributed by atoms with Gasteiger partial charge in [-0.3, -0.25) is 4.98 Å². The third-order valence-electron chi connectivity index (χ3n) is 2.75. The molecule has 4 heteroatoms. The van der Waals surface area contributed by atoms with E-state index in [0.717, 1.165) is 16.9 Å². The first-order chi connectivity index (χ1) is 8.72. The van der Waals surface area contributed by atoms with E-state index < -0.39 is 0 Å². The second-order valence-corrected chi connectivity index (χ2v) is 3.99. The highest BCUT2D eigenvalue weighted by Crippen LogP contribution is 2.26. The fraction of sp³-hybridized carbons (Fsp3) is 0.214. The van der Waals surface area contributed by atoms with Gasteiger partial charge in [0.1, 0.15) is 5.75 Å². The Morgan fingerprint density at radius 2 is 2.17 bits per heavy atom. The van der Waals surface area contributed by atoms with Crippen LogP contribution in [0.15, 0.2) is 42.7 Å². The Kier molecular flexibility index (Phi) is 3.79. The number of benzene rings is 1. The number of ether oxygens (including phenoxy) is 1. The fourth-order valence-corrected chi connectivity index (χ4v) is 1.82. The lowest BCUT2D eigenvalue weighted by atomic mass is 10.00. The molecule has 0 saturated heterocycles. The van der Waals surface area contributed by atoms with E-state index in [2.05, 4.69) is 4.98 Å². The van der Waals surface area contributed by atoms with Crippen LogP contribution in [-0.2, 0) is 0 Å². The zero-order chi connectivity index (χ0) is 13.0. The number of rotatable bonds is 4. The molecule has 1 atom stereocenters. The first-order valence-electron chi connectivity index (χ1n) is 5.90. The van der Waals surface area contributed by atoms with Crippen LogP contribution in [0.25, 0.3) is 0 Å². The van der Waals surface area contributed by atoms with Crippen molar-refractivity contribution in [3.05, 3.63) is 53.9 Å². The van der Waals surface area contributed by atoms with Gasteiger partial charge in [-0.15, -0.1) is 0 Å². The smallest absolute Gasteiger partial charge is 0.119 e. The summed E-state index contributed by atoms with van der Waals surface area (Å²) in [4.78, 5) is 4.06. The molecule has 1 aromatic carbocycles. The lowest BCUT2D eigenvalue weighted by Crippen LogP contribution is -2.14. The molecule has 4 nitrogen and oxygen atoms in total. The van der Waals surface area contributed by atoms with Crippen LogP contribution in [0, 0.1) is 0 Å². The van der Waals surface area contributed by atoms with E-state index in [9.17, 15) is 0 Å². The summed E-state index contributed by atoms with van der Waals surface area (Å²) in [6, 6.07) is 9.18. The van der Waals surface area contributed by atoms with Crippen molar-refractivity contribution in [2.75, 3.05) is 12.3 Å². The number of nitrogen functional groups attached to an aromatic ring is 1. The molecule has 0 spiro atoms. The van der Waals surface area contributed by atoms with Crippen molar-refractivity contribution < 1.29 is 4.74 Å². The lowest BCUT2D eigenvalue weighted by molar-refractivity contribution is 0.340. The first kappa shape index (κ1) is 12.4. The molecule has 0 bridgehead atoms. The minimum atomic E-state index is -0.292. The van der Waals surface area contributed by atoms with E-state index in [1.807, 2.05) is 31.2 Å². The third kappa shape index (κ3) is 2.60. The summed E-state index contributed by atoms with van der Waals surface area (Å²) in [5, 5.41) is 0. The summed E-state index contributed by atoms with van der Waals surface area (Å²) in [5.41, 5.74) is 14.5. The normalized spacial score (nSPS) is 12.1. The molecule has 94 valence electrons. The number of nitrogens with zero attached hydrogens (tertiary/aromatic N) is 1. The van der Waals surface area contributed by atoms with Crippen molar-refractivity contribution in [2.45, 2.75) is 13.0 Å². The van der Waals surface area contributed by atoms with Crippen LogP contribution in [0.2, 0.25) is 0 Å². The Morgan fingerprint density at radius 3 is 2.89 bits per heavy atom. The monoisotopic (exact) mass is 243 g/mol. The summed E-state index contributed by atoms with van der Waals surface area (Å²) < 4.78 is 5.46. The predicted molar refractivity (Wildman–Crippen MR) is 72.3 cm³/mol. The van der Waals surface area contributed by atoms with Crippen LogP contribution in [0.5, 0.6) is 5.75 Å². The topological polar surface area (TPSA) is 74.2 Å². The minimum absolute atomic E-state index is 0.292. The van der Waals surface area contributed by atoms with E-state index in [1.54, 1.807) is 18.5 Å². The van der Waals surface area contributed by atoms with Gasteiger partial charge in [0.25, 0.3) is 0 Å². The van der Waals surface area contributed by atoms with Gasteiger partial charge in [-0.1, -0.05) is 12.1 Å². The number of aromatic nitrogens is 1. The number of anilines is 1. The number of nitrogens with two attached hydrogens (primary N) is 2. The Hall–Kier alpha value is -2.07. The molecular weight excluding hydrogens is 226 g/mol. The highest BCUT2D eigenvalue weighted by molar-refractivity contribution is 5.50. The molecule has 0 aliphatic carbocycles. The Morgan fingerprint density at radius 1 is 1.33 bits per heavy atom. The molecule has 4 N–H and O–H groups in total. The largest absolute Gasteiger partial charge is 0.494 e. The standard InChI is InChI=1S/C14H17N3O/c1-2-18-11-5-3-4-10(8-11)14(16)12-9-17-7-6-13(12)15/h3-9,14H,2,16H2,1H3,(H2,15,17). The number of hydrogen-bond acceptors (Lipinski definition) is 4. The molecule has 2 rings (SSSR count). The van der Waals surface area contributed by atoms with Gasteiger partial charge in [0.05, 0.1) is 12.6 Å². The second-order valence-electron chi connectivity index (χ2n) is 3.99. The van der Waals surface area contributed by atoms with E-state index in [1.165, 1.54) is 0 Å². The summed E-state index contributed by atoms with van der Waals surface area (Å²) >= 11 is 0. The van der Waals surface area contributed by atoms with Gasteiger partial charge in [-0.25, -0.2) is 0 Å². The zero-order valence-corrected chi connectivity index (χ0v) is 10.3. The number of pyridine rings is 1. The van der Waals surface area contributed by atoms with Gasteiger partial charge in [-0.05, 0) is 30.7 Å². The minimum Gasteiger partial charge on any atom is -0.494 e. The molecule has 0 fully saturated rings. The average Bonchev–Trinajstić information content (AvgIpc) is 2.39. The summed E-state index contributed by atoms with van der Waals surface area (Å²) in [6.07, 6.45) is 3.36. The second kappa shape index (κ2) is 5.51. The van der Waals surface area contributed by atoms with Crippen molar-refractivity contribution in [1.29, 1.82) is 0 Å². The predicted octanol–water partition coefficient (Wildman–Crippen LogP) is 2.11. The van der Waals surface area contributed by atoms with Gasteiger partial charge < -0.3 is 16.2 Å². The molecule has 1 aromatic heterocycles. The fourth-order valence-electron chi connectivity index (χ4n) is 1.82. The van der Waals surface area contributed by atoms with Crippen molar-refractivity contribution in [3.8, 4) is 5.75 Å². The van der Waals surface area contributed by atoms with Gasteiger partial charge in [0, 0.05) is 23.6 Å². The van der Waals surface area contributed by atoms with Crippen LogP contribution in [0.4, 0.5) is 5.69 Å². The van der Waals surface area contributed by atoms with E-state index >= 15 is 0 Å². The van der Waals surface area contributed by atoms with E-state index in [-0.39, 0.29) is 6.04 Å². The molecule has 0 amide bonds. The molecule has 1 heterocycles. The van der Waals surface area contributed by atoms with Gasteiger partial charge in [-0.2, -0.15) is 0 Å². The highest BCUT2D eigenvalue weighted by Gasteiger charge is 2.12. The summed E-state index contributed by atoms with van der Waals surface area (Å²) in [6.45, 7) is 2.58. The molecule has 0 saturated carbocycles. The summed E-state index contributed by atoms with van der Waals surface area (Å²) in [7, 11) is 0. The van der Waals surface area contributed by atoms with Gasteiger partial charge in [0.15, 0.2) is 0 Å². The van der Waals surface area contributed by atoms with Gasteiger partial charge in [0.2, 0.25) is 0 Å². The van der Waals surface area contributed by atoms with Crippen LogP contribution < -0.4 is 16.2 Å². The SMILES string of the molecule is CCOc1cccc(C(N)c2cnccc2N)c1. The van der Waals surface area contributed by atoms with Crippen molar-refractivity contribution in [1.82, 2.24) is 4.98 Å². The van der Waals surface area contributed by atoms with Crippen LogP contribution in [0.1, 0.15) is 24.1 Å². The van der Waals surface area contributed by atoms with Crippen molar-refractivity contribution in [2.24, 2.45) is 5.73 Å². The summed E-state index contributed by atoms with van der Waals surface area (Å²) in [5.74, 6) is 0.813. The van der Waals surface area contributed by atoms with Crippen LogP contribution >= 0.6 is 0 Å². The Labute approximate surface area is 107 Å². The van der Waals surface area contributed by atoms with Crippen LogP contribution in [0.3, 0.4) is 0 Å². The molecule has 18 heavy (non-hydrogen) atoms. The van der Waals surface area contributed by atoms with Gasteiger partial charge >= 0.3 is 0 Å². The van der Waals surface area contributed by atoms with Crippen molar-refractivity contribution in [3.63, 3.8) is 0 Å². The maximum Gasteiger partial charge on any atom is 0.119 e. The molecule has 1 unspecified atom stereocenters. The Balaban J connectivity index is 2.31. The zero-order valence-electron chi connectivity index (χ0n) is 10.3. The Bertz CT molecular complexity index is 528. The average molecular weight is 243 g/mol. The van der Waals surface area contributed by atoms with E-state index in [0.29, 0.717) is 12.3 Å². The first-order valence-corrected chi connectivity index (χ1v) is 5.90. The maximum atomic E-state index is 6.21. The lowest BCUT2D eigenvalue weighted by Gasteiger charge is -2.15.